The van der Waals surface area contributed by atoms with Gasteiger partial charge >= 0.3 is 23.7 Å². The Bertz CT molecular complexity index is 3440. The van der Waals surface area contributed by atoms with Crippen LogP contribution < -0.4 is 21.8 Å². The molecule has 3 saturated heterocycles. The van der Waals surface area contributed by atoms with E-state index in [-0.39, 0.29) is 34.1 Å². The van der Waals surface area contributed by atoms with Crippen molar-refractivity contribution in [2.45, 2.75) is 120 Å². The van der Waals surface area contributed by atoms with Gasteiger partial charge in [-0.05, 0) is 141 Å². The standard InChI is InChI=1S/C55H62F6N12O2S/c1-34-9-6-19-67(25-34)27-36-21-42(54(56,57)58)44-31-69(51(74)70(44)29-36)41-14-5-13-40(24-41)53(16-8-17-53)49-73(63-33-76-49)50-65-64-48(66(50)3)47(38-11-4-12-38)39-15-18-62-46(23-39)72-32-45-43(55(59,60)61)22-37(30-71(45)52(72)75)28-68-20-7-10-35(2)26-68/h5,13-15,18,21-24,29-32,34-35,38,47,49,63H,4,6-12,16-17,19-20,25-28,33H2,1-3H3/t34-,35-,47-,49?/m0/s1. The van der Waals surface area contributed by atoms with Crippen LogP contribution >= 0.6 is 11.8 Å². The molecule has 9 heterocycles. The lowest BCUT2D eigenvalue weighted by Gasteiger charge is -2.48. The molecule has 2 saturated carbocycles. The maximum Gasteiger partial charge on any atom is 0.418 e. The van der Waals surface area contributed by atoms with Crippen LogP contribution in [0, 0.1) is 17.8 Å². The maximum atomic E-state index is 14.8. The monoisotopic (exact) mass is 1070 g/mol. The van der Waals surface area contributed by atoms with E-state index in [2.05, 4.69) is 39.1 Å². The fourth-order valence-electron chi connectivity index (χ4n) is 12.9. The molecule has 1 unspecified atom stereocenters. The van der Waals surface area contributed by atoms with Crippen LogP contribution in [0.4, 0.5) is 32.3 Å². The number of nitrogens with zero attached hydrogens (tertiary/aromatic N) is 11. The summed E-state index contributed by atoms with van der Waals surface area (Å²) in [5, 5.41) is 11.6. The molecule has 0 amide bonds. The predicted molar refractivity (Wildman–Crippen MR) is 279 cm³/mol. The Morgan fingerprint density at radius 3 is 1.92 bits per heavy atom. The minimum absolute atomic E-state index is 0.176. The Morgan fingerprint density at radius 2 is 1.36 bits per heavy atom. The van der Waals surface area contributed by atoms with Crippen molar-refractivity contribution in [1.82, 2.24) is 52.9 Å². The van der Waals surface area contributed by atoms with Gasteiger partial charge in [0.25, 0.3) is 0 Å². The predicted octanol–water partition coefficient (Wildman–Crippen LogP) is 9.91. The highest BCUT2D eigenvalue weighted by molar-refractivity contribution is 8.00. The Hall–Kier alpha value is -5.90. The topological polar surface area (TPSA) is 118 Å². The smallest absolute Gasteiger partial charge is 0.299 e. The zero-order valence-electron chi connectivity index (χ0n) is 42.8. The molecule has 7 aromatic rings. The van der Waals surface area contributed by atoms with Gasteiger partial charge in [-0.3, -0.25) is 37.3 Å². The van der Waals surface area contributed by atoms with E-state index in [0.717, 1.165) is 110 Å². The van der Waals surface area contributed by atoms with Crippen LogP contribution in [-0.2, 0) is 37.9 Å². The van der Waals surface area contributed by atoms with Crippen molar-refractivity contribution >= 4 is 28.7 Å². The molecule has 5 aliphatic rings. The van der Waals surface area contributed by atoms with Crippen molar-refractivity contribution < 1.29 is 26.3 Å². The van der Waals surface area contributed by atoms with Crippen molar-refractivity contribution in [1.29, 1.82) is 0 Å². The van der Waals surface area contributed by atoms with E-state index in [1.807, 2.05) is 35.9 Å². The van der Waals surface area contributed by atoms with E-state index in [0.29, 0.717) is 59.4 Å². The number of thioether (sulfide) groups is 1. The third-order valence-corrected chi connectivity index (χ3v) is 18.3. The molecule has 1 aromatic carbocycles. The van der Waals surface area contributed by atoms with Gasteiger partial charge in [-0.1, -0.05) is 38.8 Å². The Morgan fingerprint density at radius 1 is 0.737 bits per heavy atom. The Labute approximate surface area is 439 Å². The number of rotatable bonds is 12. The average Bonchev–Trinajstić information content (AvgIpc) is 4.23. The molecule has 4 atom stereocenters. The van der Waals surface area contributed by atoms with Crippen LogP contribution in [0.2, 0.25) is 0 Å². The number of hydrogen-bond donors (Lipinski definition) is 1. The maximum absolute atomic E-state index is 14.8. The summed E-state index contributed by atoms with van der Waals surface area (Å²) in [6, 6.07) is 13.6. The van der Waals surface area contributed by atoms with Crippen LogP contribution in [0.25, 0.3) is 22.5 Å². The Kier molecular flexibility index (Phi) is 13.1. The molecule has 0 radical (unpaired) electrons. The van der Waals surface area contributed by atoms with Gasteiger partial charge in [-0.25, -0.2) is 20.0 Å². The number of anilines is 1. The number of aromatic nitrogens is 8. The van der Waals surface area contributed by atoms with E-state index in [9.17, 15) is 35.9 Å². The first kappa shape index (κ1) is 50.9. The minimum Gasteiger partial charge on any atom is -0.299 e. The van der Waals surface area contributed by atoms with Gasteiger partial charge in [0.15, 0.2) is 0 Å². The highest BCUT2D eigenvalue weighted by atomic mass is 32.2. The fraction of sp³-hybridized carbons (Fsp3) is 0.509. The van der Waals surface area contributed by atoms with Crippen LogP contribution in [0.3, 0.4) is 0 Å². The largest absolute Gasteiger partial charge is 0.418 e. The first-order valence-electron chi connectivity index (χ1n) is 26.7. The molecule has 5 fully saturated rings. The zero-order chi connectivity index (χ0) is 52.8. The molecule has 0 spiro atoms. The normalized spacial score (nSPS) is 22.4. The lowest BCUT2D eigenvalue weighted by molar-refractivity contribution is -0.137. The van der Waals surface area contributed by atoms with Crippen molar-refractivity contribution in [2.24, 2.45) is 24.8 Å². The van der Waals surface area contributed by atoms with Crippen LogP contribution in [0.5, 0.6) is 0 Å². The third-order valence-electron chi connectivity index (χ3n) is 17.1. The number of piperidine rings is 2. The second-order valence-corrected chi connectivity index (χ2v) is 23.4. The number of likely N-dealkylation sites (tertiary alicyclic amines) is 2. The molecule has 12 rings (SSSR count). The molecule has 2 aliphatic carbocycles. The van der Waals surface area contributed by atoms with E-state index in [1.54, 1.807) is 36.3 Å². The molecule has 76 heavy (non-hydrogen) atoms. The summed E-state index contributed by atoms with van der Waals surface area (Å²) in [5.41, 5.74) is 2.88. The van der Waals surface area contributed by atoms with Crippen molar-refractivity contribution in [2.75, 3.05) is 37.1 Å². The number of hydrogen-bond acceptors (Lipinski definition) is 10. The van der Waals surface area contributed by atoms with Gasteiger partial charge in [0.05, 0.1) is 33.7 Å². The van der Waals surface area contributed by atoms with Gasteiger partial charge < -0.3 is 0 Å². The fourth-order valence-corrected chi connectivity index (χ4v) is 14.3. The summed E-state index contributed by atoms with van der Waals surface area (Å²) >= 11 is 1.73. The molecule has 402 valence electrons. The molecule has 14 nitrogen and oxygen atoms in total. The van der Waals surface area contributed by atoms with Gasteiger partial charge in [-0.15, -0.1) is 22.0 Å². The number of pyridine rings is 3. The molecule has 6 aromatic heterocycles. The van der Waals surface area contributed by atoms with Gasteiger partial charge in [0.2, 0.25) is 5.95 Å². The summed E-state index contributed by atoms with van der Waals surface area (Å²) in [5.74, 6) is 2.84. The first-order valence-corrected chi connectivity index (χ1v) is 27.7. The highest BCUT2D eigenvalue weighted by Gasteiger charge is 2.52. The number of halogens is 6. The van der Waals surface area contributed by atoms with Crippen molar-refractivity contribution in [3.63, 3.8) is 0 Å². The van der Waals surface area contributed by atoms with Gasteiger partial charge in [0.1, 0.15) is 17.0 Å². The van der Waals surface area contributed by atoms with E-state index in [4.69, 9.17) is 10.2 Å². The molecule has 3 aliphatic heterocycles. The summed E-state index contributed by atoms with van der Waals surface area (Å²) in [6.07, 6.45) is 7.42. The van der Waals surface area contributed by atoms with Crippen LogP contribution in [0.15, 0.2) is 89.1 Å². The van der Waals surface area contributed by atoms with Gasteiger partial charge in [-0.2, -0.15) is 26.3 Å². The lowest BCUT2D eigenvalue weighted by atomic mass is 9.64. The summed E-state index contributed by atoms with van der Waals surface area (Å²) in [7, 11) is 1.93. The van der Waals surface area contributed by atoms with E-state index < -0.39 is 40.3 Å². The molecule has 21 heteroatoms. The van der Waals surface area contributed by atoms with E-state index >= 15 is 0 Å². The molecular formula is C55H62F6N12O2S. The summed E-state index contributed by atoms with van der Waals surface area (Å²) in [4.78, 5) is 37.3. The SMILES string of the molecule is C[C@H]1CCCN(Cc2cc(C(F)(F)F)c3cn(-c4cccc(C5(C6SCNN6c6nnc([C@H](c7ccnc(-n8cc9c(C(F)(F)F)cc(CN%10CCC[C@H](C)C%10)cn9c8=O)c7)C7CCC7)n6C)CCC5)c4)c(=O)n3c2)C1. The number of benzene rings is 1. The van der Waals surface area contributed by atoms with E-state index in [1.165, 1.54) is 39.9 Å². The number of alkyl halides is 6. The molecule has 1 N–H and O–H groups in total. The summed E-state index contributed by atoms with van der Waals surface area (Å²) in [6.45, 7) is 8.08. The average molecular weight is 1070 g/mol. The summed E-state index contributed by atoms with van der Waals surface area (Å²) < 4.78 is 95.3. The third kappa shape index (κ3) is 9.15. The van der Waals surface area contributed by atoms with Crippen molar-refractivity contribution in [3.05, 3.63) is 140 Å². The number of nitrogens with one attached hydrogen (secondary N) is 1. The van der Waals surface area contributed by atoms with Crippen molar-refractivity contribution in [3.8, 4) is 11.5 Å². The zero-order valence-corrected chi connectivity index (χ0v) is 43.6. The van der Waals surface area contributed by atoms with Crippen LogP contribution in [0.1, 0.15) is 123 Å². The van der Waals surface area contributed by atoms with Gasteiger partial charge in [0, 0.05) is 75.5 Å². The number of imidazole rings is 2. The number of hydrazine groups is 1. The first-order chi connectivity index (χ1) is 36.4. The second-order valence-electron chi connectivity index (χ2n) is 22.3. The van der Waals surface area contributed by atoms with Crippen LogP contribution in [-0.4, -0.2) is 84.9 Å². The Balaban J connectivity index is 0.848. The lowest BCUT2D eigenvalue weighted by Crippen LogP contribution is -2.53. The number of fused-ring (bicyclic) bond motifs is 2. The minimum atomic E-state index is -4.70. The quantitative estimate of drug-likeness (QED) is 0.119. The molecule has 0 bridgehead atoms. The molecular weight excluding hydrogens is 1010 g/mol. The second kappa shape index (κ2) is 19.5. The highest BCUT2D eigenvalue weighted by Crippen LogP contribution is 2.54.